The van der Waals surface area contributed by atoms with Crippen molar-refractivity contribution in [1.29, 1.82) is 0 Å². The molecule has 1 heterocycles. The van der Waals surface area contributed by atoms with Gasteiger partial charge in [0.1, 0.15) is 0 Å². The summed E-state index contributed by atoms with van der Waals surface area (Å²) < 4.78 is 38.5. The Morgan fingerprint density at radius 2 is 2.00 bits per heavy atom. The minimum Gasteiger partial charge on any atom is -0.375 e. The third-order valence-electron chi connectivity index (χ3n) is 3.36. The second-order valence-corrected chi connectivity index (χ2v) is 6.71. The molecule has 0 amide bonds. The predicted molar refractivity (Wildman–Crippen MR) is 77.8 cm³/mol. The van der Waals surface area contributed by atoms with Crippen LogP contribution in [0.15, 0.2) is 18.2 Å². The molecule has 1 aromatic carbocycles. The maximum absolute atomic E-state index is 12.8. The van der Waals surface area contributed by atoms with Crippen molar-refractivity contribution < 1.29 is 13.2 Å². The molecule has 1 aliphatic rings. The van der Waals surface area contributed by atoms with E-state index in [2.05, 4.69) is 4.98 Å². The average Bonchev–Trinajstić information content (AvgIpc) is 3.13. The topological polar surface area (TPSA) is 38.9 Å². The second-order valence-electron chi connectivity index (χ2n) is 5.16. The number of hydrogen-bond acceptors (Lipinski definition) is 3. The molecule has 2 N–H and O–H groups in total. The Labute approximate surface area is 128 Å². The summed E-state index contributed by atoms with van der Waals surface area (Å²) >= 11 is 7.14. The predicted octanol–water partition coefficient (Wildman–Crippen LogP) is 4.87. The Bertz CT molecular complexity index is 677. The van der Waals surface area contributed by atoms with Crippen LogP contribution >= 0.6 is 22.9 Å². The summed E-state index contributed by atoms with van der Waals surface area (Å²) in [6, 6.07) is 3.63. The zero-order valence-electron chi connectivity index (χ0n) is 10.9. The molecule has 2 aromatic rings. The van der Waals surface area contributed by atoms with Crippen LogP contribution in [0.25, 0.3) is 0 Å². The number of aromatic nitrogens is 1. The molecule has 0 aliphatic heterocycles. The summed E-state index contributed by atoms with van der Waals surface area (Å²) in [5.41, 5.74) is 6.47. The van der Waals surface area contributed by atoms with Gasteiger partial charge >= 0.3 is 6.18 Å². The van der Waals surface area contributed by atoms with Crippen LogP contribution in [0.1, 0.15) is 40.5 Å². The van der Waals surface area contributed by atoms with Gasteiger partial charge in [0.15, 0.2) is 5.13 Å². The van der Waals surface area contributed by atoms with Crippen molar-refractivity contribution >= 4 is 28.1 Å². The lowest BCUT2D eigenvalue weighted by Crippen LogP contribution is -2.05. The molecule has 0 unspecified atom stereocenters. The Balaban J connectivity index is 1.93. The molecule has 112 valence electrons. The summed E-state index contributed by atoms with van der Waals surface area (Å²) in [7, 11) is 0. The van der Waals surface area contributed by atoms with Gasteiger partial charge in [-0.25, -0.2) is 4.98 Å². The Morgan fingerprint density at radius 1 is 1.29 bits per heavy atom. The van der Waals surface area contributed by atoms with E-state index in [4.69, 9.17) is 17.3 Å². The highest BCUT2D eigenvalue weighted by Gasteiger charge is 2.32. The number of benzene rings is 1. The van der Waals surface area contributed by atoms with Gasteiger partial charge in [-0.15, -0.1) is 11.3 Å². The molecule has 1 fully saturated rings. The van der Waals surface area contributed by atoms with Crippen LogP contribution in [0.5, 0.6) is 0 Å². The summed E-state index contributed by atoms with van der Waals surface area (Å²) in [6.07, 6.45) is -1.88. The van der Waals surface area contributed by atoms with Crippen molar-refractivity contribution in [3.05, 3.63) is 44.9 Å². The molecular formula is C14H12ClF3N2S. The van der Waals surface area contributed by atoms with Crippen LogP contribution < -0.4 is 5.73 Å². The van der Waals surface area contributed by atoms with Gasteiger partial charge in [-0.1, -0.05) is 11.6 Å². The van der Waals surface area contributed by atoms with Crippen LogP contribution in [0.2, 0.25) is 5.02 Å². The van der Waals surface area contributed by atoms with E-state index in [0.717, 1.165) is 35.5 Å². The first-order chi connectivity index (χ1) is 9.83. The lowest BCUT2D eigenvalue weighted by molar-refractivity contribution is -0.137. The van der Waals surface area contributed by atoms with Gasteiger partial charge in [0.2, 0.25) is 0 Å². The average molecular weight is 333 g/mol. The molecule has 7 heteroatoms. The number of halogens is 4. The van der Waals surface area contributed by atoms with Crippen LogP contribution in [-0.2, 0) is 12.6 Å². The van der Waals surface area contributed by atoms with Crippen molar-refractivity contribution in [2.45, 2.75) is 31.4 Å². The fraction of sp³-hybridized carbons (Fsp3) is 0.357. The Kier molecular flexibility index (Phi) is 3.61. The van der Waals surface area contributed by atoms with Crippen molar-refractivity contribution in [2.75, 3.05) is 5.73 Å². The van der Waals surface area contributed by atoms with E-state index < -0.39 is 11.7 Å². The summed E-state index contributed by atoms with van der Waals surface area (Å²) in [5, 5.41) is 0.551. The van der Waals surface area contributed by atoms with E-state index in [-0.39, 0.29) is 5.02 Å². The molecule has 0 bridgehead atoms. The Hall–Kier alpha value is -1.27. The summed E-state index contributed by atoms with van der Waals surface area (Å²) in [4.78, 5) is 5.24. The van der Waals surface area contributed by atoms with E-state index in [1.165, 1.54) is 11.3 Å². The third-order valence-corrected chi connectivity index (χ3v) is 4.48. The molecule has 0 atom stereocenters. The molecule has 21 heavy (non-hydrogen) atoms. The van der Waals surface area contributed by atoms with E-state index in [0.29, 0.717) is 23.0 Å². The number of nitrogens with two attached hydrogens (primary N) is 1. The molecule has 2 nitrogen and oxygen atoms in total. The Morgan fingerprint density at radius 3 is 2.62 bits per heavy atom. The number of nitrogen functional groups attached to an aromatic ring is 1. The first-order valence-electron chi connectivity index (χ1n) is 6.44. The number of thiazole rings is 1. The standard InChI is InChI=1S/C14H12ClF3N2S/c15-10-4-7(3-9(6-10)14(16,17)18)5-11-12(8-1-2-8)20-13(19)21-11/h3-4,6,8H,1-2,5H2,(H2,19,20). The van der Waals surface area contributed by atoms with Crippen molar-refractivity contribution in [3.63, 3.8) is 0 Å². The normalized spacial score (nSPS) is 15.4. The largest absolute Gasteiger partial charge is 0.416 e. The molecule has 1 saturated carbocycles. The van der Waals surface area contributed by atoms with Gasteiger partial charge in [0.05, 0.1) is 11.3 Å². The lowest BCUT2D eigenvalue weighted by Gasteiger charge is -2.10. The second kappa shape index (κ2) is 5.18. The first kappa shape index (κ1) is 14.7. The summed E-state index contributed by atoms with van der Waals surface area (Å²) in [6.45, 7) is 0. The third kappa shape index (κ3) is 3.32. The molecular weight excluding hydrogens is 321 g/mol. The number of alkyl halides is 3. The van der Waals surface area contributed by atoms with Gasteiger partial charge in [-0.3, -0.25) is 0 Å². The van der Waals surface area contributed by atoms with Crippen molar-refractivity contribution in [1.82, 2.24) is 4.98 Å². The number of hydrogen-bond donors (Lipinski definition) is 1. The first-order valence-corrected chi connectivity index (χ1v) is 7.64. The fourth-order valence-electron chi connectivity index (χ4n) is 2.29. The molecule has 3 rings (SSSR count). The van der Waals surface area contributed by atoms with Gasteiger partial charge in [-0.2, -0.15) is 13.2 Å². The van der Waals surface area contributed by atoms with Gasteiger partial charge < -0.3 is 5.73 Å². The van der Waals surface area contributed by atoms with Crippen LogP contribution in [0.3, 0.4) is 0 Å². The maximum atomic E-state index is 12.8. The molecule has 1 aliphatic carbocycles. The molecule has 0 spiro atoms. The number of nitrogens with zero attached hydrogens (tertiary/aromatic N) is 1. The minimum absolute atomic E-state index is 0.0882. The fourth-order valence-corrected chi connectivity index (χ4v) is 3.50. The van der Waals surface area contributed by atoms with Gasteiger partial charge in [0, 0.05) is 22.2 Å². The molecule has 0 saturated heterocycles. The zero-order valence-corrected chi connectivity index (χ0v) is 12.4. The monoisotopic (exact) mass is 332 g/mol. The number of anilines is 1. The lowest BCUT2D eigenvalue weighted by atomic mass is 10.1. The van der Waals surface area contributed by atoms with Crippen molar-refractivity contribution in [3.8, 4) is 0 Å². The van der Waals surface area contributed by atoms with Gasteiger partial charge in [0.25, 0.3) is 0 Å². The number of rotatable bonds is 3. The highest BCUT2D eigenvalue weighted by Crippen LogP contribution is 2.44. The smallest absolute Gasteiger partial charge is 0.375 e. The van der Waals surface area contributed by atoms with Gasteiger partial charge in [-0.05, 0) is 36.6 Å². The highest BCUT2D eigenvalue weighted by atomic mass is 35.5. The zero-order chi connectivity index (χ0) is 15.2. The SMILES string of the molecule is Nc1nc(C2CC2)c(Cc2cc(Cl)cc(C(F)(F)F)c2)s1. The minimum atomic E-state index is -4.40. The van der Waals surface area contributed by atoms with Crippen LogP contribution in [0, 0.1) is 0 Å². The summed E-state index contributed by atoms with van der Waals surface area (Å²) in [5.74, 6) is 0.412. The van der Waals surface area contributed by atoms with E-state index >= 15 is 0 Å². The highest BCUT2D eigenvalue weighted by molar-refractivity contribution is 7.15. The van der Waals surface area contributed by atoms with E-state index in [1.807, 2.05) is 0 Å². The molecule has 0 radical (unpaired) electrons. The van der Waals surface area contributed by atoms with Crippen LogP contribution in [-0.4, -0.2) is 4.98 Å². The van der Waals surface area contributed by atoms with E-state index in [9.17, 15) is 13.2 Å². The molecule has 1 aromatic heterocycles. The van der Waals surface area contributed by atoms with Crippen molar-refractivity contribution in [2.24, 2.45) is 0 Å². The van der Waals surface area contributed by atoms with E-state index in [1.54, 1.807) is 6.07 Å². The quantitative estimate of drug-likeness (QED) is 0.871. The van der Waals surface area contributed by atoms with Crippen LogP contribution in [0.4, 0.5) is 18.3 Å². The maximum Gasteiger partial charge on any atom is 0.416 e.